The highest BCUT2D eigenvalue weighted by atomic mass is 32.2. The van der Waals surface area contributed by atoms with Crippen LogP contribution in [0.25, 0.3) is 33.8 Å². The Morgan fingerprint density at radius 1 is 0.550 bits per heavy atom. The van der Waals surface area contributed by atoms with Crippen LogP contribution in [0.3, 0.4) is 0 Å². The van der Waals surface area contributed by atoms with Crippen molar-refractivity contribution in [2.45, 2.75) is 119 Å². The Labute approximate surface area is 607 Å². The van der Waals surface area contributed by atoms with Crippen LogP contribution in [0, 0.1) is 13.8 Å². The molecular formula is C72H92F5N10O7S6+. The number of hydrogen-bond donors (Lipinski definition) is 4. The first-order chi connectivity index (χ1) is 47.8. The van der Waals surface area contributed by atoms with Gasteiger partial charge in [0.2, 0.25) is 20.9 Å². The number of anilines is 1. The summed E-state index contributed by atoms with van der Waals surface area (Å²) in [6.07, 6.45) is 14.9. The van der Waals surface area contributed by atoms with E-state index >= 15 is 0 Å². The number of rotatable bonds is 24. The predicted octanol–water partition coefficient (Wildman–Crippen LogP) is 15.3. The molecule has 0 radical (unpaired) electrons. The Bertz CT molecular complexity index is 3790. The first kappa shape index (κ1) is 90.4. The minimum absolute atomic E-state index is 0.0611. The lowest BCUT2D eigenvalue weighted by atomic mass is 10.1. The minimum Gasteiger partial charge on any atom is -0.464 e. The summed E-state index contributed by atoms with van der Waals surface area (Å²) in [5.41, 5.74) is 19.1. The Morgan fingerprint density at radius 2 is 0.960 bits per heavy atom. The van der Waals surface area contributed by atoms with Gasteiger partial charge in [-0.1, -0.05) is 135 Å². The number of carbonyl (C=O) groups excluding carboxylic acids is 4. The lowest BCUT2D eigenvalue weighted by Gasteiger charge is -2.08. The number of carbonyl (C=O) groups is 4. The van der Waals surface area contributed by atoms with Gasteiger partial charge in [-0.2, -0.15) is 0 Å². The van der Waals surface area contributed by atoms with Crippen LogP contribution in [-0.2, 0) is 44.2 Å². The van der Waals surface area contributed by atoms with Crippen molar-refractivity contribution in [3.8, 4) is 33.8 Å². The molecule has 17 nitrogen and oxygen atoms in total. The summed E-state index contributed by atoms with van der Waals surface area (Å²) in [7, 11) is -3.56. The van der Waals surface area contributed by atoms with Crippen LogP contribution < -0.4 is 22.2 Å². The van der Waals surface area contributed by atoms with Crippen molar-refractivity contribution in [1.29, 1.82) is 0 Å². The quantitative estimate of drug-likeness (QED) is 0.00503. The number of alkyl halides is 5. The number of unbranched alkanes of at least 4 members (excludes halogenated alkanes) is 2. The number of aryl methyl sites for hydroxylation is 2. The highest BCUT2D eigenvalue weighted by Crippen LogP contribution is 2.26. The molecule has 0 bridgehead atoms. The van der Waals surface area contributed by atoms with E-state index in [0.29, 0.717) is 38.9 Å². The standard InChI is InChI=1S/C16H20FN3.C13H13FN2O2S.C13H13FN2S2.C11H11FO2S.C9H10OS.C4H7FO2.C4H11N.C2H6N2S/c1-3-4-9-18-16-19-14(11-17)10-15(20-16)13-7-5-12(2)6-8-13;1-9-3-5-10(6-4-9)12-7-11(8-14)15-13(16-12)19(2,17)18;1-17-11-5-3-9(4-6-11)12-7-10(8-14)15-13(16-12)18-2;1-15-10-4-2-8(3-5-10)11(14)6-9(13)7-12;1-7(10)8-3-5-9(11-2)6-4-8;1-2-7-4(6)3-5;1-2-3-4-5;1-5-2(3)4/h5-8,10H,3-4,9,11H2,1-2H3,(H,18,19,20);3-7H,8H2,1-2H3;3-7H,8H2,1-2H3;2-5H,6-7H2,1H3;3-6H,1-2H3;2-3H2,1H3;2-5H2,1H3;1H3,(H3,3,4)/p+1. The second kappa shape index (κ2) is 52.4. The number of esters is 1. The van der Waals surface area contributed by atoms with E-state index in [1.165, 1.54) is 57.8 Å². The molecule has 0 spiro atoms. The number of nitrogens with two attached hydrogens (primary N) is 3. The number of benzene rings is 5. The second-order valence-corrected chi connectivity index (χ2v) is 26.9. The fourth-order valence-electron chi connectivity index (χ4n) is 7.35. The largest absolute Gasteiger partial charge is 0.464 e. The maximum absolute atomic E-state index is 12.9. The molecule has 100 heavy (non-hydrogen) atoms. The van der Waals surface area contributed by atoms with Crippen LogP contribution >= 0.6 is 58.8 Å². The molecular weight excluding hydrogens is 1400 g/mol. The predicted molar refractivity (Wildman–Crippen MR) is 404 cm³/mol. The van der Waals surface area contributed by atoms with E-state index in [-0.39, 0.29) is 35.4 Å². The maximum atomic E-state index is 12.9. The zero-order chi connectivity index (χ0) is 75.0. The fourth-order valence-corrected chi connectivity index (χ4v) is 9.52. The summed E-state index contributed by atoms with van der Waals surface area (Å²) in [6, 6.07) is 42.9. The Balaban J connectivity index is 0.000000595. The van der Waals surface area contributed by atoms with Crippen molar-refractivity contribution in [2.24, 2.45) is 11.5 Å². The topological polar surface area (TPSA) is 279 Å². The average Bonchev–Trinajstić information content (AvgIpc) is 0.824. The van der Waals surface area contributed by atoms with E-state index < -0.39 is 55.0 Å². The third-order valence-corrected chi connectivity index (χ3v) is 16.8. The van der Waals surface area contributed by atoms with Crippen LogP contribution in [0.5, 0.6) is 0 Å². The SMILES string of the molecule is CCCCN.CCCCNc1nc(CF)cc(-c2ccc(C)cc2)n1.CCOC(=O)CF.CSC(N)=[NH2+].CSc1ccc(-c2cc(CF)nc(SC)n2)cc1.CSc1ccc(C(=O)CC(=O)CF)cc1.CSc1ccc(C(C)=O)cc1.Cc1ccc(-c2cc(CF)nc(S(C)(=O)=O)n2)cc1. The van der Waals surface area contributed by atoms with Crippen molar-refractivity contribution < 1.29 is 59.7 Å². The summed E-state index contributed by atoms with van der Waals surface area (Å²) in [5.74, 6) is -1.16. The fraction of sp³-hybridized carbons (Fsp3) is 0.347. The molecule has 0 saturated carbocycles. The number of aromatic nitrogens is 6. The van der Waals surface area contributed by atoms with Gasteiger partial charge in [0.05, 0.1) is 47.2 Å². The third-order valence-electron chi connectivity index (χ3n) is 12.7. The smallest absolute Gasteiger partial charge is 0.337 e. The third kappa shape index (κ3) is 37.7. The lowest BCUT2D eigenvalue weighted by molar-refractivity contribution is -0.144. The van der Waals surface area contributed by atoms with Gasteiger partial charge in [0.25, 0.3) is 5.17 Å². The van der Waals surface area contributed by atoms with Crippen LogP contribution in [0.2, 0.25) is 0 Å². The van der Waals surface area contributed by atoms with Gasteiger partial charge < -0.3 is 15.8 Å². The first-order valence-electron chi connectivity index (χ1n) is 31.1. The number of thioether (sulfide) groups is 5. The van der Waals surface area contributed by atoms with E-state index in [4.69, 9.17) is 16.9 Å². The number of hydrogen-bond acceptors (Lipinski definition) is 20. The molecule has 7 N–H and O–H groups in total. The van der Waals surface area contributed by atoms with E-state index in [1.54, 1.807) is 85.5 Å². The molecule has 5 aromatic carbocycles. The molecule has 3 heterocycles. The zero-order valence-electron chi connectivity index (χ0n) is 58.6. The Morgan fingerprint density at radius 3 is 1.31 bits per heavy atom. The monoisotopic (exact) mass is 1500 g/mol. The van der Waals surface area contributed by atoms with Gasteiger partial charge in [-0.15, -0.1) is 35.3 Å². The van der Waals surface area contributed by atoms with Crippen LogP contribution in [0.4, 0.5) is 27.9 Å². The number of nitrogens with zero attached hydrogens (tertiary/aromatic N) is 6. The van der Waals surface area contributed by atoms with Gasteiger partial charge in [-0.05, 0) is 145 Å². The molecule has 0 unspecified atom stereocenters. The van der Waals surface area contributed by atoms with E-state index in [0.717, 1.165) is 76.3 Å². The first-order valence-corrected chi connectivity index (χ1v) is 39.1. The number of nitrogens with one attached hydrogen (secondary N) is 1. The average molecular weight is 1500 g/mol. The number of ketones is 3. The van der Waals surface area contributed by atoms with Gasteiger partial charge >= 0.3 is 5.97 Å². The number of sulfone groups is 1. The van der Waals surface area contributed by atoms with Gasteiger partial charge in [-0.3, -0.25) is 25.5 Å². The van der Waals surface area contributed by atoms with Crippen LogP contribution in [0.15, 0.2) is 165 Å². The molecule has 0 atom stereocenters. The van der Waals surface area contributed by atoms with Gasteiger partial charge in [-0.25, -0.2) is 65.1 Å². The normalized spacial score (nSPS) is 10.1. The number of halogens is 5. The molecule has 28 heteroatoms. The van der Waals surface area contributed by atoms with Gasteiger partial charge in [0, 0.05) is 55.3 Å². The molecule has 0 aliphatic carbocycles. The minimum atomic E-state index is -3.56. The van der Waals surface area contributed by atoms with E-state index in [2.05, 4.69) is 53.8 Å². The molecule has 542 valence electrons. The molecule has 0 aliphatic rings. The van der Waals surface area contributed by atoms with E-state index in [9.17, 15) is 49.5 Å². The number of Topliss-reactive ketones (excluding diaryl/α,β-unsaturated/α-hetero) is 3. The molecule has 0 fully saturated rings. The molecule has 8 rings (SSSR count). The van der Waals surface area contributed by atoms with Crippen molar-refractivity contribution in [3.05, 3.63) is 179 Å². The summed E-state index contributed by atoms with van der Waals surface area (Å²) >= 11 is 7.71. The second-order valence-electron chi connectivity index (χ2n) is 20.7. The Hall–Kier alpha value is -7.60. The van der Waals surface area contributed by atoms with Crippen LogP contribution in [0.1, 0.15) is 109 Å². The van der Waals surface area contributed by atoms with Crippen molar-refractivity contribution in [3.63, 3.8) is 0 Å². The summed E-state index contributed by atoms with van der Waals surface area (Å²) in [5, 5.41) is 8.78. The summed E-state index contributed by atoms with van der Waals surface area (Å²) in [4.78, 5) is 71.0. The van der Waals surface area contributed by atoms with Gasteiger partial charge in [0.15, 0.2) is 29.2 Å². The summed E-state index contributed by atoms with van der Waals surface area (Å²) in [6.45, 7) is 9.28. The number of amidine groups is 1. The molecule has 0 saturated heterocycles. The Kier molecular flexibility index (Phi) is 47.4. The lowest BCUT2D eigenvalue weighted by Crippen LogP contribution is -2.42. The maximum Gasteiger partial charge on any atom is 0.337 e. The molecule has 0 aliphatic heterocycles. The van der Waals surface area contributed by atoms with E-state index in [1.807, 2.05) is 142 Å². The van der Waals surface area contributed by atoms with Crippen LogP contribution in [-0.4, -0.2) is 137 Å². The highest BCUT2D eigenvalue weighted by molar-refractivity contribution is 8.12. The van der Waals surface area contributed by atoms with Crippen molar-refractivity contribution in [1.82, 2.24) is 29.9 Å². The van der Waals surface area contributed by atoms with Crippen molar-refractivity contribution in [2.75, 3.05) is 75.9 Å². The molecule has 3 aromatic heterocycles. The van der Waals surface area contributed by atoms with Crippen molar-refractivity contribution >= 4 is 103 Å². The molecule has 8 aromatic rings. The highest BCUT2D eigenvalue weighted by Gasteiger charge is 2.16. The zero-order valence-corrected chi connectivity index (χ0v) is 63.5. The molecule has 0 amide bonds. The van der Waals surface area contributed by atoms with Gasteiger partial charge in [0.1, 0.15) is 26.7 Å². The number of ether oxygens (including phenoxy) is 1. The summed E-state index contributed by atoms with van der Waals surface area (Å²) < 4.78 is 88.6.